The molecule has 1 aliphatic heterocycles. The van der Waals surface area contributed by atoms with Crippen molar-refractivity contribution >= 4 is 6.09 Å². The largest absolute Gasteiger partial charge is 0.449 e. The molecular weight excluding hydrogens is 218 g/mol. The smallest absolute Gasteiger partial charge is 0.407 e. The molecule has 1 rings (SSSR count). The van der Waals surface area contributed by atoms with E-state index in [9.17, 15) is 4.79 Å². The first-order valence-electron chi connectivity index (χ1n) is 6.52. The first-order chi connectivity index (χ1) is 8.18. The molecule has 0 saturated carbocycles. The summed E-state index contributed by atoms with van der Waals surface area (Å²) in [4.78, 5) is 13.7. The number of hydrogen-bond donors (Lipinski definition) is 2. The normalized spacial score (nSPS) is 17.1. The summed E-state index contributed by atoms with van der Waals surface area (Å²) in [6, 6.07) is 0. The van der Waals surface area contributed by atoms with Gasteiger partial charge in [-0.2, -0.15) is 0 Å². The highest BCUT2D eigenvalue weighted by Crippen LogP contribution is 1.95. The minimum absolute atomic E-state index is 0.293. The van der Waals surface area contributed by atoms with Crippen molar-refractivity contribution in [2.45, 2.75) is 20.3 Å². The van der Waals surface area contributed by atoms with Gasteiger partial charge in [0.05, 0.1) is 6.61 Å². The average molecular weight is 243 g/mol. The minimum Gasteiger partial charge on any atom is -0.449 e. The van der Waals surface area contributed by atoms with Crippen molar-refractivity contribution in [3.63, 3.8) is 0 Å². The number of carbonyl (C=O) groups is 1. The summed E-state index contributed by atoms with van der Waals surface area (Å²) in [6.07, 6.45) is 0.690. The third-order valence-corrected chi connectivity index (χ3v) is 2.68. The van der Waals surface area contributed by atoms with E-state index in [4.69, 9.17) is 4.74 Å². The van der Waals surface area contributed by atoms with Crippen LogP contribution in [0.5, 0.6) is 0 Å². The lowest BCUT2D eigenvalue weighted by molar-refractivity contribution is 0.132. The number of rotatable bonds is 6. The summed E-state index contributed by atoms with van der Waals surface area (Å²) in [5.41, 5.74) is 0. The van der Waals surface area contributed by atoms with Crippen LogP contribution < -0.4 is 10.6 Å². The number of carbonyl (C=O) groups excluding carboxylic acids is 1. The molecule has 0 atom stereocenters. The number of nitrogens with one attached hydrogen (secondary N) is 2. The lowest BCUT2D eigenvalue weighted by Gasteiger charge is -2.26. The molecule has 1 heterocycles. The fourth-order valence-corrected chi connectivity index (χ4v) is 1.72. The molecule has 1 saturated heterocycles. The predicted molar refractivity (Wildman–Crippen MR) is 68.1 cm³/mol. The van der Waals surface area contributed by atoms with Gasteiger partial charge in [-0.3, -0.25) is 0 Å². The Morgan fingerprint density at radius 2 is 2.12 bits per heavy atom. The van der Waals surface area contributed by atoms with Crippen LogP contribution in [-0.4, -0.2) is 56.9 Å². The van der Waals surface area contributed by atoms with Crippen LogP contribution in [0.15, 0.2) is 0 Å². The van der Waals surface area contributed by atoms with E-state index in [1.807, 2.05) is 13.8 Å². The van der Waals surface area contributed by atoms with Crippen LogP contribution in [0.1, 0.15) is 20.3 Å². The van der Waals surface area contributed by atoms with Crippen LogP contribution in [0.4, 0.5) is 4.79 Å². The zero-order valence-corrected chi connectivity index (χ0v) is 11.0. The van der Waals surface area contributed by atoms with Gasteiger partial charge in [0.2, 0.25) is 0 Å². The molecule has 2 N–H and O–H groups in total. The molecule has 5 nitrogen and oxygen atoms in total. The summed E-state index contributed by atoms with van der Waals surface area (Å²) in [7, 11) is 0. The van der Waals surface area contributed by atoms with Crippen LogP contribution >= 0.6 is 0 Å². The van der Waals surface area contributed by atoms with Gasteiger partial charge in [-0.15, -0.1) is 0 Å². The molecule has 100 valence electrons. The van der Waals surface area contributed by atoms with E-state index in [0.29, 0.717) is 19.1 Å². The summed E-state index contributed by atoms with van der Waals surface area (Å²) in [6.45, 7) is 10.6. The van der Waals surface area contributed by atoms with Gasteiger partial charge in [-0.25, -0.2) is 4.79 Å². The second-order valence-electron chi connectivity index (χ2n) is 4.86. The van der Waals surface area contributed by atoms with E-state index in [1.54, 1.807) is 0 Å². The Labute approximate surface area is 104 Å². The van der Waals surface area contributed by atoms with E-state index >= 15 is 0 Å². The summed E-state index contributed by atoms with van der Waals surface area (Å²) in [5.74, 6) is 0.390. The number of piperazine rings is 1. The second-order valence-corrected chi connectivity index (χ2v) is 4.86. The standard InChI is InChI=1S/C12H25N3O2/c1-11(2)10-17-12(16)14-4-3-7-15-8-5-13-6-9-15/h11,13H,3-10H2,1-2H3,(H,14,16). The Morgan fingerprint density at radius 1 is 1.41 bits per heavy atom. The molecule has 0 aromatic carbocycles. The number of nitrogens with zero attached hydrogens (tertiary/aromatic N) is 1. The lowest BCUT2D eigenvalue weighted by Crippen LogP contribution is -2.44. The molecule has 17 heavy (non-hydrogen) atoms. The Morgan fingerprint density at radius 3 is 2.76 bits per heavy atom. The van der Waals surface area contributed by atoms with E-state index < -0.39 is 0 Å². The van der Waals surface area contributed by atoms with Crippen molar-refractivity contribution in [1.82, 2.24) is 15.5 Å². The Kier molecular flexibility index (Phi) is 6.96. The highest BCUT2D eigenvalue weighted by molar-refractivity contribution is 5.66. The van der Waals surface area contributed by atoms with E-state index in [2.05, 4.69) is 15.5 Å². The molecule has 0 aliphatic carbocycles. The van der Waals surface area contributed by atoms with Crippen molar-refractivity contribution in [3.05, 3.63) is 0 Å². The quantitative estimate of drug-likeness (QED) is 0.673. The van der Waals surface area contributed by atoms with E-state index in [-0.39, 0.29) is 6.09 Å². The van der Waals surface area contributed by atoms with Crippen LogP contribution in [0.25, 0.3) is 0 Å². The monoisotopic (exact) mass is 243 g/mol. The maximum Gasteiger partial charge on any atom is 0.407 e. The van der Waals surface area contributed by atoms with Gasteiger partial charge in [-0.1, -0.05) is 13.8 Å². The molecule has 1 amide bonds. The van der Waals surface area contributed by atoms with Crippen molar-refractivity contribution < 1.29 is 9.53 Å². The molecule has 0 aromatic heterocycles. The van der Waals surface area contributed by atoms with Gasteiger partial charge < -0.3 is 20.3 Å². The highest BCUT2D eigenvalue weighted by Gasteiger charge is 2.08. The predicted octanol–water partition coefficient (Wildman–Crippen LogP) is 0.664. The molecule has 0 bridgehead atoms. The Balaban J connectivity index is 1.94. The number of hydrogen-bond acceptors (Lipinski definition) is 4. The summed E-state index contributed by atoms with van der Waals surface area (Å²) < 4.78 is 5.02. The van der Waals surface area contributed by atoms with Gasteiger partial charge in [0.25, 0.3) is 0 Å². The first kappa shape index (κ1) is 14.3. The van der Waals surface area contributed by atoms with Gasteiger partial charge in [-0.05, 0) is 18.9 Å². The molecule has 0 radical (unpaired) electrons. The van der Waals surface area contributed by atoms with Gasteiger partial charge in [0.1, 0.15) is 0 Å². The number of amides is 1. The van der Waals surface area contributed by atoms with E-state index in [1.165, 1.54) is 0 Å². The minimum atomic E-state index is -0.293. The van der Waals surface area contributed by atoms with Gasteiger partial charge in [0.15, 0.2) is 0 Å². The zero-order chi connectivity index (χ0) is 12.5. The maximum absolute atomic E-state index is 11.2. The average Bonchev–Trinajstić information content (AvgIpc) is 2.33. The molecule has 0 spiro atoms. The van der Waals surface area contributed by atoms with Gasteiger partial charge >= 0.3 is 6.09 Å². The number of alkyl carbamates (subject to hydrolysis) is 1. The topological polar surface area (TPSA) is 53.6 Å². The van der Waals surface area contributed by atoms with Crippen LogP contribution in [0, 0.1) is 5.92 Å². The fourth-order valence-electron chi connectivity index (χ4n) is 1.72. The van der Waals surface area contributed by atoms with E-state index in [0.717, 1.165) is 39.1 Å². The summed E-state index contributed by atoms with van der Waals surface area (Å²) in [5, 5.41) is 6.09. The molecule has 1 aliphatic rings. The van der Waals surface area contributed by atoms with Crippen molar-refractivity contribution in [3.8, 4) is 0 Å². The zero-order valence-electron chi connectivity index (χ0n) is 11.0. The van der Waals surface area contributed by atoms with Crippen molar-refractivity contribution in [1.29, 1.82) is 0 Å². The molecule has 5 heteroatoms. The lowest BCUT2D eigenvalue weighted by atomic mass is 10.2. The van der Waals surface area contributed by atoms with Crippen molar-refractivity contribution in [2.24, 2.45) is 5.92 Å². The first-order valence-corrected chi connectivity index (χ1v) is 6.52. The maximum atomic E-state index is 11.2. The third-order valence-electron chi connectivity index (χ3n) is 2.68. The van der Waals surface area contributed by atoms with Crippen LogP contribution in [0.3, 0.4) is 0 Å². The SMILES string of the molecule is CC(C)COC(=O)NCCCN1CCNCC1. The third kappa shape index (κ3) is 7.18. The molecular formula is C12H25N3O2. The fraction of sp³-hybridized carbons (Fsp3) is 0.917. The van der Waals surface area contributed by atoms with Crippen LogP contribution in [0.2, 0.25) is 0 Å². The number of ether oxygens (including phenoxy) is 1. The molecule has 1 fully saturated rings. The summed E-state index contributed by atoms with van der Waals surface area (Å²) >= 11 is 0. The Hall–Kier alpha value is -0.810. The van der Waals surface area contributed by atoms with Gasteiger partial charge in [0, 0.05) is 32.7 Å². The molecule has 0 unspecified atom stereocenters. The Bertz CT molecular complexity index is 216. The van der Waals surface area contributed by atoms with Crippen molar-refractivity contribution in [2.75, 3.05) is 45.9 Å². The molecule has 0 aromatic rings. The second kappa shape index (κ2) is 8.31. The highest BCUT2D eigenvalue weighted by atomic mass is 16.5. The van der Waals surface area contributed by atoms with Crippen LogP contribution in [-0.2, 0) is 4.74 Å².